The number of amides is 1. The molecule has 0 spiro atoms. The second-order valence-corrected chi connectivity index (χ2v) is 7.67. The fourth-order valence-corrected chi connectivity index (χ4v) is 4.84. The molecule has 5 nitrogen and oxygen atoms in total. The van der Waals surface area contributed by atoms with Gasteiger partial charge in [0.2, 0.25) is 5.91 Å². The van der Waals surface area contributed by atoms with Gasteiger partial charge < -0.3 is 9.47 Å². The van der Waals surface area contributed by atoms with E-state index in [4.69, 9.17) is 14.6 Å². The third-order valence-corrected chi connectivity index (χ3v) is 6.23. The molecule has 1 aromatic rings. The average molecular weight is 356 g/mol. The van der Waals surface area contributed by atoms with Crippen molar-refractivity contribution in [2.75, 3.05) is 14.2 Å². The fourth-order valence-electron chi connectivity index (χ4n) is 4.84. The summed E-state index contributed by atoms with van der Waals surface area (Å²) in [5, 5.41) is 6.77. The lowest BCUT2D eigenvalue weighted by atomic mass is 9.73. The van der Waals surface area contributed by atoms with Crippen molar-refractivity contribution < 1.29 is 14.3 Å². The zero-order valence-corrected chi connectivity index (χ0v) is 15.7. The van der Waals surface area contributed by atoms with Crippen molar-refractivity contribution in [2.45, 2.75) is 57.4 Å². The summed E-state index contributed by atoms with van der Waals surface area (Å²) in [6, 6.07) is 6.27. The Morgan fingerprint density at radius 3 is 2.27 bits per heavy atom. The summed E-state index contributed by atoms with van der Waals surface area (Å²) in [5.41, 5.74) is 2.11. The number of rotatable bonds is 4. The Hall–Kier alpha value is -2.04. The van der Waals surface area contributed by atoms with Gasteiger partial charge in [0.25, 0.3) is 0 Å². The van der Waals surface area contributed by atoms with Crippen molar-refractivity contribution in [1.29, 1.82) is 0 Å². The molecule has 0 saturated heterocycles. The molecular weight excluding hydrogens is 328 g/mol. The van der Waals surface area contributed by atoms with Gasteiger partial charge in [-0.1, -0.05) is 25.7 Å². The Labute approximate surface area is 155 Å². The Bertz CT molecular complexity index is 709. The molecule has 0 radical (unpaired) electrons. The van der Waals surface area contributed by atoms with Gasteiger partial charge in [-0.05, 0) is 43.9 Å². The maximum Gasteiger partial charge on any atom is 0.246 e. The third kappa shape index (κ3) is 2.97. The van der Waals surface area contributed by atoms with Gasteiger partial charge in [0.05, 0.1) is 26.0 Å². The van der Waals surface area contributed by atoms with Crippen LogP contribution in [-0.2, 0) is 4.79 Å². The molecule has 0 bridgehead atoms. The maximum atomic E-state index is 13.1. The van der Waals surface area contributed by atoms with Crippen LogP contribution in [0, 0.1) is 11.8 Å². The fraction of sp³-hybridized carbons (Fsp3) is 0.619. The Balaban J connectivity index is 1.75. The second kappa shape index (κ2) is 7.29. The number of hydrogen-bond donors (Lipinski definition) is 0. The first kappa shape index (κ1) is 17.4. The number of hydrazone groups is 1. The number of fused-ring (bicyclic) bond motifs is 1. The van der Waals surface area contributed by atoms with E-state index >= 15 is 0 Å². The van der Waals surface area contributed by atoms with E-state index in [1.54, 1.807) is 14.2 Å². The van der Waals surface area contributed by atoms with Crippen LogP contribution in [0.25, 0.3) is 0 Å². The number of benzene rings is 1. The van der Waals surface area contributed by atoms with Crippen LogP contribution in [0.2, 0.25) is 0 Å². The second-order valence-electron chi connectivity index (χ2n) is 7.67. The monoisotopic (exact) mass is 356 g/mol. The van der Waals surface area contributed by atoms with Crippen LogP contribution in [0.15, 0.2) is 23.3 Å². The van der Waals surface area contributed by atoms with Crippen LogP contribution in [0.1, 0.15) is 56.9 Å². The lowest BCUT2D eigenvalue weighted by molar-refractivity contribution is -0.141. The molecule has 1 heterocycles. The van der Waals surface area contributed by atoms with E-state index in [1.165, 1.54) is 19.3 Å². The molecule has 140 valence electrons. The molecule has 2 saturated carbocycles. The highest BCUT2D eigenvalue weighted by molar-refractivity contribution is 6.07. The van der Waals surface area contributed by atoms with Crippen molar-refractivity contribution in [2.24, 2.45) is 16.9 Å². The summed E-state index contributed by atoms with van der Waals surface area (Å²) in [4.78, 5) is 13.1. The number of nitrogens with zero attached hydrogens (tertiary/aromatic N) is 2. The summed E-state index contributed by atoms with van der Waals surface area (Å²) < 4.78 is 10.9. The molecule has 3 aliphatic rings. The Morgan fingerprint density at radius 1 is 0.923 bits per heavy atom. The predicted molar refractivity (Wildman–Crippen MR) is 101 cm³/mol. The van der Waals surface area contributed by atoms with Crippen molar-refractivity contribution in [3.8, 4) is 11.5 Å². The minimum absolute atomic E-state index is 0.0879. The summed E-state index contributed by atoms with van der Waals surface area (Å²) in [7, 11) is 3.30. The zero-order valence-electron chi connectivity index (χ0n) is 15.7. The van der Waals surface area contributed by atoms with Gasteiger partial charge in [0.1, 0.15) is 0 Å². The average Bonchev–Trinajstić information content (AvgIpc) is 3.22. The highest BCUT2D eigenvalue weighted by Crippen LogP contribution is 2.40. The molecule has 5 heteroatoms. The van der Waals surface area contributed by atoms with Crippen molar-refractivity contribution >= 4 is 11.6 Å². The summed E-state index contributed by atoms with van der Waals surface area (Å²) in [5.74, 6) is 2.00. The molecule has 1 amide bonds. The Morgan fingerprint density at radius 2 is 1.58 bits per heavy atom. The maximum absolute atomic E-state index is 13.1. The number of carbonyl (C=O) groups excluding carboxylic acids is 1. The standard InChI is InChI=1S/C21H28N2O3/c1-25-18-12-11-14(13-19(18)26-2)20-16-9-5-6-10-17(16)21(24)23(22-20)15-7-3-4-8-15/h11-13,15-17H,3-10H2,1-2H3/t16-,17+/m1/s1. The first-order chi connectivity index (χ1) is 12.7. The van der Waals surface area contributed by atoms with Crippen molar-refractivity contribution in [1.82, 2.24) is 5.01 Å². The van der Waals surface area contributed by atoms with Crippen molar-refractivity contribution in [3.05, 3.63) is 23.8 Å². The topological polar surface area (TPSA) is 51.1 Å². The first-order valence-electron chi connectivity index (χ1n) is 9.87. The molecule has 2 fully saturated rings. The van der Waals surface area contributed by atoms with Gasteiger partial charge in [0.15, 0.2) is 11.5 Å². The normalized spacial score (nSPS) is 26.5. The van der Waals surface area contributed by atoms with E-state index in [-0.39, 0.29) is 23.8 Å². The van der Waals surface area contributed by atoms with Crippen LogP contribution in [0.3, 0.4) is 0 Å². The van der Waals surface area contributed by atoms with Gasteiger partial charge in [-0.2, -0.15) is 5.10 Å². The van der Waals surface area contributed by atoms with Gasteiger partial charge in [-0.25, -0.2) is 5.01 Å². The molecule has 2 aliphatic carbocycles. The van der Waals surface area contributed by atoms with Gasteiger partial charge >= 0.3 is 0 Å². The molecular formula is C21H28N2O3. The largest absolute Gasteiger partial charge is 0.493 e. The molecule has 0 unspecified atom stereocenters. The Kier molecular flexibility index (Phi) is 4.88. The lowest BCUT2D eigenvalue weighted by Gasteiger charge is -2.40. The van der Waals surface area contributed by atoms with Crippen LogP contribution in [0.5, 0.6) is 11.5 Å². The zero-order chi connectivity index (χ0) is 18.1. The summed E-state index contributed by atoms with van der Waals surface area (Å²) >= 11 is 0. The number of methoxy groups -OCH3 is 2. The number of carbonyl (C=O) groups is 1. The van der Waals surface area contributed by atoms with Crippen LogP contribution in [0.4, 0.5) is 0 Å². The van der Waals surface area contributed by atoms with E-state index in [1.807, 2.05) is 17.1 Å². The van der Waals surface area contributed by atoms with Crippen LogP contribution in [-0.4, -0.2) is 36.9 Å². The molecule has 4 rings (SSSR count). The van der Waals surface area contributed by atoms with Gasteiger partial charge in [-0.15, -0.1) is 0 Å². The summed E-state index contributed by atoms with van der Waals surface area (Å²) in [6.45, 7) is 0. The molecule has 26 heavy (non-hydrogen) atoms. The highest BCUT2D eigenvalue weighted by atomic mass is 16.5. The van der Waals surface area contributed by atoms with Crippen LogP contribution >= 0.6 is 0 Å². The van der Waals surface area contributed by atoms with Gasteiger partial charge in [-0.3, -0.25) is 4.79 Å². The highest BCUT2D eigenvalue weighted by Gasteiger charge is 2.43. The minimum Gasteiger partial charge on any atom is -0.493 e. The lowest BCUT2D eigenvalue weighted by Crippen LogP contribution is -2.49. The smallest absolute Gasteiger partial charge is 0.246 e. The van der Waals surface area contributed by atoms with E-state index < -0.39 is 0 Å². The van der Waals surface area contributed by atoms with Crippen LogP contribution < -0.4 is 9.47 Å². The minimum atomic E-state index is 0.0879. The SMILES string of the molecule is COc1ccc(C2=NN(C3CCCC3)C(=O)[C@H]3CCCC[C@@H]23)cc1OC. The van der Waals surface area contributed by atoms with E-state index in [0.717, 1.165) is 49.1 Å². The van der Waals surface area contributed by atoms with E-state index in [2.05, 4.69) is 6.07 Å². The van der Waals surface area contributed by atoms with E-state index in [9.17, 15) is 4.79 Å². The molecule has 1 aliphatic heterocycles. The third-order valence-electron chi connectivity index (χ3n) is 6.23. The first-order valence-corrected chi connectivity index (χ1v) is 9.87. The molecule has 0 aromatic heterocycles. The molecule has 2 atom stereocenters. The molecule has 0 N–H and O–H groups in total. The van der Waals surface area contributed by atoms with Crippen molar-refractivity contribution in [3.63, 3.8) is 0 Å². The van der Waals surface area contributed by atoms with E-state index in [0.29, 0.717) is 5.75 Å². The number of ether oxygens (including phenoxy) is 2. The quantitative estimate of drug-likeness (QED) is 0.819. The van der Waals surface area contributed by atoms with Gasteiger partial charge in [0, 0.05) is 17.4 Å². The summed E-state index contributed by atoms with van der Waals surface area (Å²) in [6.07, 6.45) is 8.89. The number of hydrogen-bond acceptors (Lipinski definition) is 4. The predicted octanol–water partition coefficient (Wildman–Crippen LogP) is 4.00. The molecule has 1 aromatic carbocycles.